The van der Waals surface area contributed by atoms with Gasteiger partial charge < -0.3 is 15.2 Å². The normalized spacial score (nSPS) is 19.5. The number of hydrogen-bond acceptors (Lipinski definition) is 5. The lowest BCUT2D eigenvalue weighted by Crippen LogP contribution is -2.52. The van der Waals surface area contributed by atoms with Crippen LogP contribution in [0, 0.1) is 0 Å². The Kier molecular flexibility index (Phi) is 3.74. The lowest BCUT2D eigenvalue weighted by molar-refractivity contribution is 0.381. The first-order chi connectivity index (χ1) is 12.1. The van der Waals surface area contributed by atoms with Gasteiger partial charge in [-0.25, -0.2) is 4.99 Å². The number of allylic oxidation sites excluding steroid dienone is 1. The van der Waals surface area contributed by atoms with Crippen molar-refractivity contribution in [2.45, 2.75) is 12.3 Å². The second kappa shape index (κ2) is 6.07. The Bertz CT molecular complexity index is 956. The van der Waals surface area contributed by atoms with E-state index in [1.807, 2.05) is 43.6 Å². The van der Waals surface area contributed by atoms with Gasteiger partial charge in [-0.15, -0.1) is 0 Å². The van der Waals surface area contributed by atoms with Crippen molar-refractivity contribution in [2.24, 2.45) is 17.8 Å². The number of pyridine rings is 1. The van der Waals surface area contributed by atoms with Gasteiger partial charge in [-0.05, 0) is 36.4 Å². The maximum absolute atomic E-state index is 6.53. The molecule has 6 nitrogen and oxygen atoms in total. The van der Waals surface area contributed by atoms with Crippen LogP contribution >= 0.6 is 0 Å². The first-order valence-electron chi connectivity index (χ1n) is 8.16. The smallest absolute Gasteiger partial charge is 0.210 e. The van der Waals surface area contributed by atoms with Crippen molar-refractivity contribution >= 4 is 17.1 Å². The van der Waals surface area contributed by atoms with Crippen molar-refractivity contribution in [3.05, 3.63) is 78.0 Å². The fourth-order valence-electron chi connectivity index (χ4n) is 2.97. The van der Waals surface area contributed by atoms with Gasteiger partial charge in [-0.3, -0.25) is 10.7 Å². The van der Waals surface area contributed by atoms with Crippen LogP contribution in [0.5, 0.6) is 0 Å². The topological polar surface area (TPSA) is 80.3 Å². The minimum absolute atomic E-state index is 0.612. The van der Waals surface area contributed by atoms with E-state index < -0.39 is 5.79 Å². The monoisotopic (exact) mass is 332 g/mol. The van der Waals surface area contributed by atoms with Crippen molar-refractivity contribution in [1.82, 2.24) is 20.2 Å². The predicted octanol–water partition coefficient (Wildman–Crippen LogP) is 1.95. The molecule has 6 heteroatoms. The fraction of sp³-hybridized carbons (Fsp3) is 0.158. The zero-order valence-electron chi connectivity index (χ0n) is 14.0. The molecule has 0 bridgehead atoms. The van der Waals surface area contributed by atoms with Crippen LogP contribution < -0.4 is 16.4 Å². The van der Waals surface area contributed by atoms with Gasteiger partial charge in [-0.1, -0.05) is 12.1 Å². The summed E-state index contributed by atoms with van der Waals surface area (Å²) in [6.07, 6.45) is 7.42. The van der Waals surface area contributed by atoms with Gasteiger partial charge in [0.05, 0.1) is 12.2 Å². The summed E-state index contributed by atoms with van der Waals surface area (Å²) in [5, 5.41) is 7.74. The molecule has 1 unspecified atom stereocenters. The second-order valence-electron chi connectivity index (χ2n) is 6.12. The largest absolute Gasteiger partial charge is 0.366 e. The number of fused-ring (bicyclic) bond motifs is 1. The van der Waals surface area contributed by atoms with Crippen molar-refractivity contribution < 1.29 is 0 Å². The van der Waals surface area contributed by atoms with Crippen molar-refractivity contribution in [3.8, 4) is 0 Å². The van der Waals surface area contributed by atoms with Gasteiger partial charge in [0.15, 0.2) is 0 Å². The minimum atomic E-state index is -0.995. The molecule has 25 heavy (non-hydrogen) atoms. The van der Waals surface area contributed by atoms with E-state index in [1.54, 1.807) is 12.4 Å². The summed E-state index contributed by atoms with van der Waals surface area (Å²) in [4.78, 5) is 8.76. The van der Waals surface area contributed by atoms with E-state index in [-0.39, 0.29) is 0 Å². The van der Waals surface area contributed by atoms with E-state index in [4.69, 9.17) is 5.73 Å². The molecular formula is C19H20N6. The fourth-order valence-corrected chi connectivity index (χ4v) is 2.97. The van der Waals surface area contributed by atoms with E-state index in [2.05, 4.69) is 43.4 Å². The van der Waals surface area contributed by atoms with E-state index in [1.165, 1.54) is 0 Å². The molecule has 1 aromatic carbocycles. The molecular weight excluding hydrogens is 312 g/mol. The maximum atomic E-state index is 6.53. The molecule has 2 aromatic heterocycles. The van der Waals surface area contributed by atoms with Gasteiger partial charge >= 0.3 is 0 Å². The van der Waals surface area contributed by atoms with Crippen LogP contribution in [0.3, 0.4) is 0 Å². The Hall–Kier alpha value is -3.12. The zero-order chi connectivity index (χ0) is 17.3. The Morgan fingerprint density at radius 1 is 1.24 bits per heavy atom. The van der Waals surface area contributed by atoms with Gasteiger partial charge in [0.1, 0.15) is 5.82 Å². The molecule has 3 aromatic rings. The maximum Gasteiger partial charge on any atom is 0.210 e. The molecule has 0 spiro atoms. The molecule has 3 heterocycles. The number of benzene rings is 1. The van der Waals surface area contributed by atoms with Crippen molar-refractivity contribution in [1.29, 1.82) is 0 Å². The van der Waals surface area contributed by atoms with Gasteiger partial charge in [0.25, 0.3) is 0 Å². The van der Waals surface area contributed by atoms with Crippen LogP contribution in [0.25, 0.3) is 10.9 Å². The summed E-state index contributed by atoms with van der Waals surface area (Å²) in [6, 6.07) is 14.1. The highest BCUT2D eigenvalue weighted by Gasteiger charge is 2.28. The van der Waals surface area contributed by atoms with Crippen LogP contribution in [-0.2, 0) is 19.4 Å². The van der Waals surface area contributed by atoms with E-state index >= 15 is 0 Å². The first kappa shape index (κ1) is 15.4. The summed E-state index contributed by atoms with van der Waals surface area (Å²) in [5.74, 6) is -0.179. The summed E-state index contributed by atoms with van der Waals surface area (Å²) in [7, 11) is 2.03. The van der Waals surface area contributed by atoms with E-state index in [0.717, 1.165) is 28.0 Å². The SMILES string of the molecule is Cn1ccc2cc(C3(N)N=CC=C(NCc4ccccn4)N3)ccc21. The molecule has 0 radical (unpaired) electrons. The third kappa shape index (κ3) is 2.99. The quantitative estimate of drug-likeness (QED) is 0.682. The number of nitrogens with two attached hydrogens (primary N) is 1. The lowest BCUT2D eigenvalue weighted by atomic mass is 10.1. The summed E-state index contributed by atoms with van der Waals surface area (Å²) < 4.78 is 2.08. The van der Waals surface area contributed by atoms with Crippen molar-refractivity contribution in [2.75, 3.05) is 0 Å². The van der Waals surface area contributed by atoms with Crippen LogP contribution in [-0.4, -0.2) is 15.8 Å². The molecule has 1 aliphatic rings. The predicted molar refractivity (Wildman–Crippen MR) is 99.6 cm³/mol. The summed E-state index contributed by atoms with van der Waals surface area (Å²) in [6.45, 7) is 0.612. The highest BCUT2D eigenvalue weighted by Crippen LogP contribution is 2.25. The van der Waals surface area contributed by atoms with E-state index in [0.29, 0.717) is 6.54 Å². The molecule has 1 aliphatic heterocycles. The van der Waals surface area contributed by atoms with Crippen LogP contribution in [0.4, 0.5) is 0 Å². The Labute approximate surface area is 146 Å². The third-order valence-electron chi connectivity index (χ3n) is 4.36. The van der Waals surface area contributed by atoms with Crippen molar-refractivity contribution in [3.63, 3.8) is 0 Å². The number of nitrogens with zero attached hydrogens (tertiary/aromatic N) is 3. The molecule has 4 N–H and O–H groups in total. The van der Waals surface area contributed by atoms with Gasteiger partial charge in [0, 0.05) is 42.1 Å². The Balaban J connectivity index is 1.53. The molecule has 0 saturated heterocycles. The molecule has 0 saturated carbocycles. The molecule has 126 valence electrons. The Morgan fingerprint density at radius 3 is 3.00 bits per heavy atom. The average molecular weight is 332 g/mol. The van der Waals surface area contributed by atoms with Crippen LogP contribution in [0.1, 0.15) is 11.3 Å². The number of aromatic nitrogens is 2. The third-order valence-corrected chi connectivity index (χ3v) is 4.36. The average Bonchev–Trinajstić information content (AvgIpc) is 3.02. The van der Waals surface area contributed by atoms with Crippen LogP contribution in [0.2, 0.25) is 0 Å². The summed E-state index contributed by atoms with van der Waals surface area (Å²) in [5.41, 5.74) is 9.56. The highest BCUT2D eigenvalue weighted by atomic mass is 15.3. The second-order valence-corrected chi connectivity index (χ2v) is 6.12. The number of hydrogen-bond donors (Lipinski definition) is 3. The molecule has 1 atom stereocenters. The molecule has 0 fully saturated rings. The standard InChI is InChI=1S/C19H20N6/c1-25-11-8-14-12-15(5-6-17(14)25)19(20)23-10-7-18(24-19)22-13-16-4-2-3-9-21-16/h2-12,22,24H,13,20H2,1H3. The summed E-state index contributed by atoms with van der Waals surface area (Å²) >= 11 is 0. The van der Waals surface area contributed by atoms with Gasteiger partial charge in [0.2, 0.25) is 5.79 Å². The molecule has 0 amide bonds. The van der Waals surface area contributed by atoms with Crippen LogP contribution in [0.15, 0.2) is 71.7 Å². The Morgan fingerprint density at radius 2 is 2.16 bits per heavy atom. The first-order valence-corrected chi connectivity index (χ1v) is 8.16. The molecule has 0 aliphatic carbocycles. The van der Waals surface area contributed by atoms with E-state index in [9.17, 15) is 0 Å². The van der Waals surface area contributed by atoms with Gasteiger partial charge in [-0.2, -0.15) is 0 Å². The number of rotatable bonds is 4. The number of nitrogens with one attached hydrogen (secondary N) is 2. The minimum Gasteiger partial charge on any atom is -0.366 e. The number of aryl methyl sites for hydroxylation is 1. The zero-order valence-corrected chi connectivity index (χ0v) is 14.0. The highest BCUT2D eigenvalue weighted by molar-refractivity contribution is 5.81. The molecule has 4 rings (SSSR count). The number of aliphatic imine (C=N–C) groups is 1. The lowest BCUT2D eigenvalue weighted by Gasteiger charge is -2.31.